The quantitative estimate of drug-likeness (QED) is 0.494. The predicted octanol–water partition coefficient (Wildman–Crippen LogP) is 1.47. The summed E-state index contributed by atoms with van der Waals surface area (Å²) in [4.78, 5) is 0. The Bertz CT molecular complexity index is 25.1. The first-order valence-electron chi connectivity index (χ1n) is 2.09. The molecule has 0 aromatic heterocycles. The standard InChI is InChI=1S/C5H10O/c1-4-6-5(2)3/h5H,1-3H3. The zero-order valence-corrected chi connectivity index (χ0v) is 4.49. The first kappa shape index (κ1) is 5.96. The van der Waals surface area contributed by atoms with E-state index in [-0.39, 0.29) is 6.10 Å². The Balaban J connectivity index is 2.63. The number of hydrogen-bond donors (Lipinski definition) is 0. The van der Waals surface area contributed by atoms with Gasteiger partial charge in [-0.25, -0.2) is 0 Å². The maximum atomic E-state index is 4.79. The second kappa shape index (κ2) is 3.16. The van der Waals surface area contributed by atoms with E-state index < -0.39 is 0 Å². The highest BCUT2D eigenvalue weighted by Crippen LogP contribution is 1.87. The van der Waals surface area contributed by atoms with Crippen molar-refractivity contribution in [2.45, 2.75) is 26.9 Å². The van der Waals surface area contributed by atoms with Crippen molar-refractivity contribution in [1.82, 2.24) is 0 Å². The number of rotatable bonds is 2. The second-order valence-corrected chi connectivity index (χ2v) is 1.37. The average molecular weight is 86.1 g/mol. The van der Waals surface area contributed by atoms with Crippen molar-refractivity contribution in [3.05, 3.63) is 6.61 Å². The molecule has 0 atom stereocenters. The largest absolute Gasteiger partial charge is 0.366 e. The van der Waals surface area contributed by atoms with E-state index in [1.54, 1.807) is 6.92 Å². The molecule has 1 heteroatoms. The summed E-state index contributed by atoms with van der Waals surface area (Å²) in [5.74, 6) is 0. The molecule has 0 saturated heterocycles. The normalized spacial score (nSPS) is 10.0. The molecule has 0 rings (SSSR count). The highest BCUT2D eigenvalue weighted by molar-refractivity contribution is 4.39. The number of ether oxygens (including phenoxy) is 1. The third kappa shape index (κ3) is 3.96. The van der Waals surface area contributed by atoms with Crippen molar-refractivity contribution in [1.29, 1.82) is 0 Å². The van der Waals surface area contributed by atoms with Crippen LogP contribution in [0.25, 0.3) is 0 Å². The predicted molar refractivity (Wildman–Crippen MR) is 25.1 cm³/mol. The van der Waals surface area contributed by atoms with Gasteiger partial charge in [-0.3, -0.25) is 0 Å². The molecule has 0 N–H and O–H groups in total. The molecule has 0 amide bonds. The van der Waals surface area contributed by atoms with Crippen molar-refractivity contribution in [3.63, 3.8) is 0 Å². The van der Waals surface area contributed by atoms with Crippen molar-refractivity contribution >= 4 is 0 Å². The van der Waals surface area contributed by atoms with Crippen LogP contribution in [0.2, 0.25) is 0 Å². The van der Waals surface area contributed by atoms with Crippen LogP contribution in [0.1, 0.15) is 20.8 Å². The Morgan fingerprint density at radius 2 is 2.00 bits per heavy atom. The SMILES string of the molecule is C[C]OC(C)C. The molecule has 0 aromatic carbocycles. The summed E-state index contributed by atoms with van der Waals surface area (Å²) in [5.41, 5.74) is 0. The van der Waals surface area contributed by atoms with Gasteiger partial charge in [-0.05, 0) is 20.8 Å². The molecule has 0 heterocycles. The summed E-state index contributed by atoms with van der Waals surface area (Å²) in [7, 11) is 0. The van der Waals surface area contributed by atoms with Crippen LogP contribution in [0.15, 0.2) is 0 Å². The van der Waals surface area contributed by atoms with Gasteiger partial charge in [0.2, 0.25) is 0 Å². The molecular weight excluding hydrogens is 76.1 g/mol. The maximum Gasteiger partial charge on any atom is 0.129 e. The van der Waals surface area contributed by atoms with Crippen LogP contribution in [0.3, 0.4) is 0 Å². The van der Waals surface area contributed by atoms with E-state index in [4.69, 9.17) is 4.74 Å². The van der Waals surface area contributed by atoms with Crippen molar-refractivity contribution in [3.8, 4) is 0 Å². The van der Waals surface area contributed by atoms with E-state index in [0.717, 1.165) is 0 Å². The lowest BCUT2D eigenvalue weighted by Gasteiger charge is -1.98. The van der Waals surface area contributed by atoms with Gasteiger partial charge in [0.15, 0.2) is 0 Å². The Morgan fingerprint density at radius 1 is 1.50 bits per heavy atom. The first-order chi connectivity index (χ1) is 2.77. The van der Waals surface area contributed by atoms with Crippen LogP contribution in [0.5, 0.6) is 0 Å². The van der Waals surface area contributed by atoms with Gasteiger partial charge in [0.1, 0.15) is 6.61 Å². The summed E-state index contributed by atoms with van der Waals surface area (Å²) in [6.07, 6.45) is 0.287. The molecule has 1 nitrogen and oxygen atoms in total. The molecule has 36 valence electrons. The molecule has 6 heavy (non-hydrogen) atoms. The zero-order chi connectivity index (χ0) is 4.99. The van der Waals surface area contributed by atoms with Crippen LogP contribution < -0.4 is 0 Å². The van der Waals surface area contributed by atoms with Gasteiger partial charge in [-0.2, -0.15) is 0 Å². The van der Waals surface area contributed by atoms with Crippen LogP contribution >= 0.6 is 0 Å². The third-order valence-electron chi connectivity index (χ3n) is 0.354. The third-order valence-corrected chi connectivity index (χ3v) is 0.354. The Hall–Kier alpha value is -0.0400. The molecule has 0 bridgehead atoms. The molecule has 0 spiro atoms. The van der Waals surface area contributed by atoms with E-state index in [2.05, 4.69) is 6.61 Å². The van der Waals surface area contributed by atoms with Gasteiger partial charge in [0, 0.05) is 0 Å². The smallest absolute Gasteiger partial charge is 0.129 e. The zero-order valence-electron chi connectivity index (χ0n) is 4.49. The highest BCUT2D eigenvalue weighted by Gasteiger charge is 1.85. The van der Waals surface area contributed by atoms with Crippen molar-refractivity contribution in [2.24, 2.45) is 0 Å². The highest BCUT2D eigenvalue weighted by atomic mass is 16.5. The van der Waals surface area contributed by atoms with E-state index in [9.17, 15) is 0 Å². The fraction of sp³-hybridized carbons (Fsp3) is 0.800. The second-order valence-electron chi connectivity index (χ2n) is 1.37. The van der Waals surface area contributed by atoms with E-state index in [1.165, 1.54) is 0 Å². The molecule has 0 aliphatic rings. The molecule has 0 aliphatic heterocycles. The Kier molecular flexibility index (Phi) is 3.14. The molecule has 0 fully saturated rings. The van der Waals surface area contributed by atoms with E-state index in [0.29, 0.717) is 0 Å². The maximum absolute atomic E-state index is 4.79. The van der Waals surface area contributed by atoms with Gasteiger partial charge < -0.3 is 4.74 Å². The van der Waals surface area contributed by atoms with Crippen molar-refractivity contribution in [2.75, 3.05) is 0 Å². The van der Waals surface area contributed by atoms with Gasteiger partial charge in [-0.15, -0.1) is 0 Å². The topological polar surface area (TPSA) is 9.23 Å². The minimum atomic E-state index is 0.287. The molecule has 2 radical (unpaired) electrons. The molecule has 0 aromatic rings. The average Bonchev–Trinajstić information content (AvgIpc) is 1.35. The van der Waals surface area contributed by atoms with Gasteiger partial charge in [0.05, 0.1) is 6.10 Å². The molecule has 0 aliphatic carbocycles. The van der Waals surface area contributed by atoms with Crippen LogP contribution in [0, 0.1) is 6.61 Å². The lowest BCUT2D eigenvalue weighted by molar-refractivity contribution is 0.140. The summed E-state index contributed by atoms with van der Waals surface area (Å²) in [6, 6.07) is 0. The van der Waals surface area contributed by atoms with Gasteiger partial charge in [-0.1, -0.05) is 0 Å². The molecule has 0 saturated carbocycles. The van der Waals surface area contributed by atoms with Crippen LogP contribution in [-0.4, -0.2) is 6.10 Å². The van der Waals surface area contributed by atoms with E-state index >= 15 is 0 Å². The minimum Gasteiger partial charge on any atom is -0.366 e. The van der Waals surface area contributed by atoms with Crippen LogP contribution in [0.4, 0.5) is 0 Å². The fourth-order valence-corrected chi connectivity index (χ4v) is 0.236. The van der Waals surface area contributed by atoms with Crippen LogP contribution in [-0.2, 0) is 4.74 Å². The lowest BCUT2D eigenvalue weighted by Crippen LogP contribution is -1.96. The first-order valence-corrected chi connectivity index (χ1v) is 2.09. The summed E-state index contributed by atoms with van der Waals surface area (Å²) in [6.45, 7) is 8.25. The Morgan fingerprint density at radius 3 is 2.00 bits per heavy atom. The molecular formula is C5H10O. The monoisotopic (exact) mass is 86.1 g/mol. The minimum absolute atomic E-state index is 0.287. The number of hydrogen-bond acceptors (Lipinski definition) is 1. The van der Waals surface area contributed by atoms with Gasteiger partial charge in [0.25, 0.3) is 0 Å². The van der Waals surface area contributed by atoms with E-state index in [1.807, 2.05) is 13.8 Å². The fourth-order valence-electron chi connectivity index (χ4n) is 0.236. The van der Waals surface area contributed by atoms with Gasteiger partial charge >= 0.3 is 0 Å². The summed E-state index contributed by atoms with van der Waals surface area (Å²) in [5, 5.41) is 0. The Labute approximate surface area is 39.3 Å². The van der Waals surface area contributed by atoms with Crippen molar-refractivity contribution < 1.29 is 4.74 Å². The summed E-state index contributed by atoms with van der Waals surface area (Å²) >= 11 is 0. The molecule has 0 unspecified atom stereocenters. The summed E-state index contributed by atoms with van der Waals surface area (Å²) < 4.78 is 4.79. The lowest BCUT2D eigenvalue weighted by atomic mass is 10.5.